The maximum atomic E-state index is 12.7. The van der Waals surface area contributed by atoms with Crippen LogP contribution in [0.4, 0.5) is 0 Å². The molecule has 2 saturated heterocycles. The Bertz CT molecular complexity index is 815. The first-order chi connectivity index (χ1) is 12.1. The summed E-state index contributed by atoms with van der Waals surface area (Å²) in [6.07, 6.45) is 4.98. The Morgan fingerprint density at radius 2 is 2.08 bits per heavy atom. The minimum absolute atomic E-state index is 0.135. The molecule has 0 saturated carbocycles. The normalized spacial score (nSPS) is 23.8. The van der Waals surface area contributed by atoms with Gasteiger partial charge in [0.05, 0.1) is 22.8 Å². The topological polar surface area (TPSA) is 58.4 Å². The molecular formula is C19H24N4O2. The van der Waals surface area contributed by atoms with Crippen LogP contribution >= 0.6 is 0 Å². The Hall–Kier alpha value is -2.37. The van der Waals surface area contributed by atoms with Gasteiger partial charge in [-0.2, -0.15) is 0 Å². The lowest BCUT2D eigenvalue weighted by Crippen LogP contribution is -2.48. The zero-order chi connectivity index (χ0) is 17.4. The highest BCUT2D eigenvalue weighted by Gasteiger charge is 2.48. The van der Waals surface area contributed by atoms with E-state index in [1.165, 1.54) is 0 Å². The van der Waals surface area contributed by atoms with Crippen LogP contribution in [0.3, 0.4) is 0 Å². The number of hydrogen-bond donors (Lipinski definition) is 0. The van der Waals surface area contributed by atoms with Gasteiger partial charge in [-0.15, -0.1) is 0 Å². The fourth-order valence-corrected chi connectivity index (χ4v) is 4.29. The molecule has 0 radical (unpaired) electrons. The third-order valence-corrected chi connectivity index (χ3v) is 5.75. The van der Waals surface area contributed by atoms with Gasteiger partial charge in [-0.05, 0) is 31.4 Å². The van der Waals surface area contributed by atoms with E-state index in [0.717, 1.165) is 36.8 Å². The van der Waals surface area contributed by atoms with Crippen LogP contribution in [0.5, 0.6) is 0 Å². The van der Waals surface area contributed by atoms with Crippen molar-refractivity contribution in [3.05, 3.63) is 30.6 Å². The van der Waals surface area contributed by atoms with Gasteiger partial charge in [0.25, 0.3) is 0 Å². The SMILES string of the molecule is CN1CCC[C@@]2(CCN(C(=O)CCn3cnc4ccccc43)C2)C1=O. The van der Waals surface area contributed by atoms with Crippen LogP contribution in [0.25, 0.3) is 11.0 Å². The van der Waals surface area contributed by atoms with Gasteiger partial charge in [-0.25, -0.2) is 4.98 Å². The first kappa shape index (κ1) is 16.1. The molecule has 2 aromatic rings. The molecule has 0 bridgehead atoms. The third-order valence-electron chi connectivity index (χ3n) is 5.75. The lowest BCUT2D eigenvalue weighted by atomic mass is 9.78. The molecule has 1 aromatic heterocycles. The van der Waals surface area contributed by atoms with E-state index < -0.39 is 0 Å². The number of benzene rings is 1. The largest absolute Gasteiger partial charge is 0.345 e. The third kappa shape index (κ3) is 2.79. The Balaban J connectivity index is 1.40. The second-order valence-corrected chi connectivity index (χ2v) is 7.35. The van der Waals surface area contributed by atoms with Gasteiger partial charge in [0.15, 0.2) is 0 Å². The molecule has 1 atom stereocenters. The molecule has 0 N–H and O–H groups in total. The lowest BCUT2D eigenvalue weighted by molar-refractivity contribution is -0.144. The molecule has 2 aliphatic heterocycles. The van der Waals surface area contributed by atoms with Gasteiger partial charge in [0.2, 0.25) is 11.8 Å². The number of fused-ring (bicyclic) bond motifs is 1. The number of amides is 2. The van der Waals surface area contributed by atoms with Crippen LogP contribution in [0.15, 0.2) is 30.6 Å². The summed E-state index contributed by atoms with van der Waals surface area (Å²) in [7, 11) is 1.87. The monoisotopic (exact) mass is 340 g/mol. The van der Waals surface area contributed by atoms with Gasteiger partial charge < -0.3 is 14.4 Å². The summed E-state index contributed by atoms with van der Waals surface area (Å²) in [5, 5.41) is 0. The minimum Gasteiger partial charge on any atom is -0.345 e. The van der Waals surface area contributed by atoms with Crippen molar-refractivity contribution in [3.63, 3.8) is 0 Å². The zero-order valence-electron chi connectivity index (χ0n) is 14.6. The molecule has 2 aliphatic rings. The van der Waals surface area contributed by atoms with Gasteiger partial charge in [0.1, 0.15) is 0 Å². The van der Waals surface area contributed by atoms with Crippen molar-refractivity contribution in [1.29, 1.82) is 0 Å². The Morgan fingerprint density at radius 3 is 2.96 bits per heavy atom. The molecule has 1 spiro atoms. The molecule has 0 unspecified atom stereocenters. The number of para-hydroxylation sites is 2. The quantitative estimate of drug-likeness (QED) is 0.857. The van der Waals surface area contributed by atoms with E-state index >= 15 is 0 Å². The second kappa shape index (κ2) is 6.17. The number of aryl methyl sites for hydroxylation is 1. The van der Waals surface area contributed by atoms with Crippen molar-refractivity contribution in [2.24, 2.45) is 5.41 Å². The number of piperidine rings is 1. The number of nitrogens with zero attached hydrogens (tertiary/aromatic N) is 4. The fraction of sp³-hybridized carbons (Fsp3) is 0.526. The van der Waals surface area contributed by atoms with Gasteiger partial charge >= 0.3 is 0 Å². The van der Waals surface area contributed by atoms with Crippen LogP contribution in [0, 0.1) is 5.41 Å². The molecule has 3 heterocycles. The minimum atomic E-state index is -0.329. The number of carbonyl (C=O) groups excluding carboxylic acids is 2. The predicted molar refractivity (Wildman–Crippen MR) is 94.9 cm³/mol. The summed E-state index contributed by atoms with van der Waals surface area (Å²) in [5.74, 6) is 0.352. The van der Waals surface area contributed by atoms with Crippen LogP contribution in [-0.4, -0.2) is 57.8 Å². The maximum Gasteiger partial charge on any atom is 0.230 e. The van der Waals surface area contributed by atoms with Gasteiger partial charge in [-0.3, -0.25) is 9.59 Å². The van der Waals surface area contributed by atoms with E-state index in [0.29, 0.717) is 26.1 Å². The number of carbonyl (C=O) groups is 2. The maximum absolute atomic E-state index is 12.7. The molecule has 6 nitrogen and oxygen atoms in total. The van der Waals surface area contributed by atoms with Crippen molar-refractivity contribution < 1.29 is 9.59 Å². The van der Waals surface area contributed by atoms with Crippen molar-refractivity contribution >= 4 is 22.8 Å². The summed E-state index contributed by atoms with van der Waals surface area (Å²) in [4.78, 5) is 33.3. The highest BCUT2D eigenvalue weighted by Crippen LogP contribution is 2.39. The Kier molecular flexibility index (Phi) is 3.98. The van der Waals surface area contributed by atoms with Crippen LogP contribution in [0.1, 0.15) is 25.7 Å². The summed E-state index contributed by atoms with van der Waals surface area (Å²) >= 11 is 0. The molecule has 2 fully saturated rings. The van der Waals surface area contributed by atoms with Crippen molar-refractivity contribution in [2.45, 2.75) is 32.2 Å². The van der Waals surface area contributed by atoms with E-state index in [9.17, 15) is 9.59 Å². The number of hydrogen-bond acceptors (Lipinski definition) is 3. The van der Waals surface area contributed by atoms with Crippen molar-refractivity contribution in [1.82, 2.24) is 19.4 Å². The summed E-state index contributed by atoms with van der Waals surface area (Å²) in [5.41, 5.74) is 1.67. The average Bonchev–Trinajstić information content (AvgIpc) is 3.23. The van der Waals surface area contributed by atoms with E-state index in [1.54, 1.807) is 6.33 Å². The smallest absolute Gasteiger partial charge is 0.230 e. The van der Waals surface area contributed by atoms with Crippen LogP contribution in [-0.2, 0) is 16.1 Å². The first-order valence-corrected chi connectivity index (χ1v) is 9.02. The highest BCUT2D eigenvalue weighted by molar-refractivity contribution is 5.86. The highest BCUT2D eigenvalue weighted by atomic mass is 16.2. The molecule has 25 heavy (non-hydrogen) atoms. The number of rotatable bonds is 3. The van der Waals surface area contributed by atoms with E-state index in [-0.39, 0.29) is 17.2 Å². The molecule has 1 aromatic carbocycles. The van der Waals surface area contributed by atoms with Crippen LogP contribution in [0.2, 0.25) is 0 Å². The molecule has 0 aliphatic carbocycles. The molecule has 2 amide bonds. The molecule has 4 rings (SSSR count). The fourth-order valence-electron chi connectivity index (χ4n) is 4.29. The molecule has 132 valence electrons. The predicted octanol–water partition coefficient (Wildman–Crippen LogP) is 1.90. The molecular weight excluding hydrogens is 316 g/mol. The Labute approximate surface area is 147 Å². The number of imidazole rings is 1. The second-order valence-electron chi connectivity index (χ2n) is 7.35. The van der Waals surface area contributed by atoms with Crippen molar-refractivity contribution in [2.75, 3.05) is 26.7 Å². The van der Waals surface area contributed by atoms with Crippen molar-refractivity contribution in [3.8, 4) is 0 Å². The summed E-state index contributed by atoms with van der Waals surface area (Å²) < 4.78 is 2.03. The van der Waals surface area contributed by atoms with E-state index in [2.05, 4.69) is 4.98 Å². The summed E-state index contributed by atoms with van der Waals surface area (Å²) in [6, 6.07) is 7.95. The Morgan fingerprint density at radius 1 is 1.24 bits per heavy atom. The number of likely N-dealkylation sites (tertiary alicyclic amines) is 2. The number of aromatic nitrogens is 2. The van der Waals surface area contributed by atoms with E-state index in [4.69, 9.17) is 0 Å². The first-order valence-electron chi connectivity index (χ1n) is 9.02. The van der Waals surface area contributed by atoms with Gasteiger partial charge in [0, 0.05) is 39.6 Å². The zero-order valence-corrected chi connectivity index (χ0v) is 14.6. The standard InChI is InChI=1S/C19H24N4O2/c1-21-10-4-8-19(18(21)25)9-12-22(13-19)17(24)7-11-23-14-20-15-5-2-3-6-16(15)23/h2-3,5-6,14H,4,7-13H2,1H3/t19-/m0/s1. The summed E-state index contributed by atoms with van der Waals surface area (Å²) in [6.45, 7) is 2.74. The molecule has 6 heteroatoms. The van der Waals surface area contributed by atoms with E-state index in [1.807, 2.05) is 45.7 Å². The van der Waals surface area contributed by atoms with Gasteiger partial charge in [-0.1, -0.05) is 12.1 Å². The average molecular weight is 340 g/mol. The lowest BCUT2D eigenvalue weighted by Gasteiger charge is -2.37. The van der Waals surface area contributed by atoms with Crippen LogP contribution < -0.4 is 0 Å².